The first-order chi connectivity index (χ1) is 17.0. The number of ketones is 1. The fraction of sp³-hybridized carbons (Fsp3) is 0.562. The van der Waals surface area contributed by atoms with Crippen LogP contribution in [0.25, 0.3) is 0 Å². The van der Waals surface area contributed by atoms with Gasteiger partial charge in [-0.2, -0.15) is 0 Å². The molecule has 0 spiro atoms. The first kappa shape index (κ1) is 23.8. The Morgan fingerprint density at radius 2 is 1.86 bits per heavy atom. The van der Waals surface area contributed by atoms with Crippen LogP contribution in [0.15, 0.2) is 60.2 Å². The summed E-state index contributed by atoms with van der Waals surface area (Å²) in [5, 5.41) is 3.12. The van der Waals surface area contributed by atoms with Gasteiger partial charge in [0.05, 0.1) is 11.1 Å². The highest BCUT2D eigenvalue weighted by molar-refractivity contribution is 6.22. The van der Waals surface area contributed by atoms with E-state index in [1.165, 1.54) is 12.0 Å². The molecular formula is C32H39NO3. The lowest BCUT2D eigenvalue weighted by Gasteiger charge is -2.48. The zero-order chi connectivity index (χ0) is 25.6. The Morgan fingerprint density at radius 3 is 2.56 bits per heavy atom. The van der Waals surface area contributed by atoms with Gasteiger partial charge in [-0.1, -0.05) is 50.6 Å². The SMILES string of the molecule is C=C[C@@H]1C=C(C)[C@H]2[C@@H]3[C@H](Oc4ccc(cc4)C[C@@]4(C)C=C(C(=O)N4)C(=O)[C@@H]13)[C@@H]1[C@@H](C)C[C@@H](C)C[C@]12C. The number of rotatable bonds is 1. The molecule has 0 radical (unpaired) electrons. The Balaban J connectivity index is 1.59. The van der Waals surface area contributed by atoms with Crippen LogP contribution in [-0.4, -0.2) is 23.3 Å². The van der Waals surface area contributed by atoms with Crippen LogP contribution in [0.5, 0.6) is 5.75 Å². The minimum Gasteiger partial charge on any atom is -0.490 e. The van der Waals surface area contributed by atoms with Gasteiger partial charge in [0.2, 0.25) is 0 Å². The summed E-state index contributed by atoms with van der Waals surface area (Å²) < 4.78 is 6.97. The predicted octanol–water partition coefficient (Wildman–Crippen LogP) is 5.69. The minimum absolute atomic E-state index is 0.00534. The van der Waals surface area contributed by atoms with Gasteiger partial charge in [0.1, 0.15) is 11.9 Å². The molecule has 2 saturated carbocycles. The van der Waals surface area contributed by atoms with Gasteiger partial charge in [0, 0.05) is 23.7 Å². The van der Waals surface area contributed by atoms with Crippen molar-refractivity contribution in [3.05, 3.63) is 65.8 Å². The fourth-order valence-corrected chi connectivity index (χ4v) is 9.49. The molecule has 1 N–H and O–H groups in total. The number of amides is 1. The summed E-state index contributed by atoms with van der Waals surface area (Å²) in [5.41, 5.74) is 2.23. The van der Waals surface area contributed by atoms with Crippen LogP contribution in [-0.2, 0) is 16.0 Å². The van der Waals surface area contributed by atoms with E-state index in [1.54, 1.807) is 0 Å². The van der Waals surface area contributed by atoms with Crippen LogP contribution in [0.2, 0.25) is 0 Å². The molecule has 0 saturated heterocycles. The molecule has 0 aromatic heterocycles. The van der Waals surface area contributed by atoms with Crippen molar-refractivity contribution in [1.82, 2.24) is 5.32 Å². The van der Waals surface area contributed by atoms with E-state index in [1.807, 2.05) is 19.1 Å². The summed E-state index contributed by atoms with van der Waals surface area (Å²) in [7, 11) is 0. The van der Waals surface area contributed by atoms with Crippen LogP contribution in [0.3, 0.4) is 0 Å². The maximum Gasteiger partial charge on any atom is 0.255 e. The van der Waals surface area contributed by atoms with Crippen LogP contribution < -0.4 is 10.1 Å². The summed E-state index contributed by atoms with van der Waals surface area (Å²) in [5.74, 6) is 1.81. The number of hydrogen-bond acceptors (Lipinski definition) is 3. The van der Waals surface area contributed by atoms with E-state index in [-0.39, 0.29) is 46.9 Å². The van der Waals surface area contributed by atoms with Crippen molar-refractivity contribution >= 4 is 11.7 Å². The summed E-state index contributed by atoms with van der Waals surface area (Å²) in [6, 6.07) is 8.36. The first-order valence-electron chi connectivity index (χ1n) is 13.7. The van der Waals surface area contributed by atoms with Crippen molar-refractivity contribution in [2.75, 3.05) is 0 Å². The first-order valence-corrected chi connectivity index (χ1v) is 13.7. The molecule has 7 rings (SSSR count). The Labute approximate surface area is 215 Å². The quantitative estimate of drug-likeness (QED) is 0.411. The predicted molar refractivity (Wildman–Crippen MR) is 141 cm³/mol. The molecule has 6 aliphatic rings. The van der Waals surface area contributed by atoms with Crippen LogP contribution in [0.4, 0.5) is 0 Å². The Kier molecular flexibility index (Phi) is 5.24. The summed E-state index contributed by atoms with van der Waals surface area (Å²) in [6.45, 7) is 15.6. The number of allylic oxidation sites excluding steroid dienone is 3. The highest BCUT2D eigenvalue weighted by Crippen LogP contribution is 2.67. The van der Waals surface area contributed by atoms with Gasteiger partial charge in [0.15, 0.2) is 5.78 Å². The van der Waals surface area contributed by atoms with Crippen molar-refractivity contribution in [3.8, 4) is 5.75 Å². The second-order valence-electron chi connectivity index (χ2n) is 13.1. The lowest BCUT2D eigenvalue weighted by molar-refractivity contribution is -0.127. The molecular weight excluding hydrogens is 446 g/mol. The standard InChI is InChI=1S/C32H39NO3/c1-7-21-13-19(4)26-25-24(21)28(34)23-16-31(5,33-30(23)35)15-20-8-10-22(11-9-20)36-29(25)27-18(3)12-17(2)14-32(26,27)6/h7-11,13,16-18,21,24-27,29H,1,12,14-15H2,2-6H3,(H,33,35)/t17-,18+,21-,24+,25-,26+,27+,29+,31+,32+/m1/s1. The van der Waals surface area contributed by atoms with Crippen molar-refractivity contribution in [1.29, 1.82) is 0 Å². The maximum absolute atomic E-state index is 14.4. The van der Waals surface area contributed by atoms with E-state index in [0.717, 1.165) is 17.7 Å². The molecule has 4 bridgehead atoms. The Hall–Kier alpha value is -2.62. The third-order valence-corrected chi connectivity index (χ3v) is 10.3. The zero-order valence-corrected chi connectivity index (χ0v) is 22.2. The molecule has 4 heteroatoms. The number of ether oxygens (including phenoxy) is 1. The van der Waals surface area contributed by atoms with E-state index in [4.69, 9.17) is 4.74 Å². The van der Waals surface area contributed by atoms with Crippen LogP contribution >= 0.6 is 0 Å². The highest BCUT2D eigenvalue weighted by Gasteiger charge is 2.66. The zero-order valence-electron chi connectivity index (χ0n) is 22.2. The lowest BCUT2D eigenvalue weighted by Crippen LogP contribution is -2.45. The van der Waals surface area contributed by atoms with E-state index < -0.39 is 5.54 Å². The van der Waals surface area contributed by atoms with Gasteiger partial charge in [-0.15, -0.1) is 6.58 Å². The molecule has 36 heavy (non-hydrogen) atoms. The normalized spacial score (nSPS) is 45.1. The number of benzene rings is 1. The van der Waals surface area contributed by atoms with Gasteiger partial charge in [-0.3, -0.25) is 9.59 Å². The molecule has 3 heterocycles. The molecule has 2 fully saturated rings. The summed E-state index contributed by atoms with van der Waals surface area (Å²) in [4.78, 5) is 27.7. The molecule has 1 aromatic carbocycles. The van der Waals surface area contributed by atoms with Gasteiger partial charge in [-0.05, 0) is 80.1 Å². The average molecular weight is 486 g/mol. The van der Waals surface area contributed by atoms with Crippen LogP contribution in [0, 0.1) is 46.8 Å². The number of carbonyl (C=O) groups is 2. The largest absolute Gasteiger partial charge is 0.490 e. The van der Waals surface area contributed by atoms with Gasteiger partial charge >= 0.3 is 0 Å². The van der Waals surface area contributed by atoms with Crippen molar-refractivity contribution in [2.45, 2.75) is 65.5 Å². The van der Waals surface area contributed by atoms with E-state index in [0.29, 0.717) is 29.7 Å². The van der Waals surface area contributed by atoms with Gasteiger partial charge in [-0.25, -0.2) is 0 Å². The van der Waals surface area contributed by atoms with Crippen LogP contribution in [0.1, 0.15) is 53.0 Å². The topological polar surface area (TPSA) is 55.4 Å². The van der Waals surface area contributed by atoms with E-state index in [9.17, 15) is 9.59 Å². The third kappa shape index (κ3) is 3.32. The number of Topliss-reactive ketones (excluding diaryl/α,β-unsaturated/α-hetero) is 1. The minimum atomic E-state index is -0.582. The monoisotopic (exact) mass is 485 g/mol. The fourth-order valence-electron chi connectivity index (χ4n) is 9.49. The third-order valence-electron chi connectivity index (χ3n) is 10.3. The molecule has 190 valence electrons. The summed E-state index contributed by atoms with van der Waals surface area (Å²) >= 11 is 0. The molecule has 0 unspecified atom stereocenters. The molecule has 1 amide bonds. The Bertz CT molecular complexity index is 1190. The number of hydrogen-bond donors (Lipinski definition) is 1. The average Bonchev–Trinajstić information content (AvgIpc) is 3.24. The number of carbonyl (C=O) groups excluding carboxylic acids is 2. The van der Waals surface area contributed by atoms with Crippen molar-refractivity contribution in [3.63, 3.8) is 0 Å². The van der Waals surface area contributed by atoms with Crippen molar-refractivity contribution in [2.24, 2.45) is 46.8 Å². The number of fused-ring (bicyclic) bond motifs is 4. The van der Waals surface area contributed by atoms with E-state index in [2.05, 4.69) is 69.9 Å². The second kappa shape index (κ2) is 7.94. The second-order valence-corrected chi connectivity index (χ2v) is 13.1. The molecule has 3 aliphatic heterocycles. The molecule has 10 atom stereocenters. The van der Waals surface area contributed by atoms with Gasteiger partial charge in [0.25, 0.3) is 5.91 Å². The molecule has 4 nitrogen and oxygen atoms in total. The molecule has 3 aliphatic carbocycles. The summed E-state index contributed by atoms with van der Waals surface area (Å²) in [6.07, 6.45) is 8.93. The molecule has 1 aromatic rings. The van der Waals surface area contributed by atoms with Crippen molar-refractivity contribution < 1.29 is 14.3 Å². The maximum atomic E-state index is 14.4. The Morgan fingerprint density at radius 1 is 1.14 bits per heavy atom. The smallest absolute Gasteiger partial charge is 0.255 e. The highest BCUT2D eigenvalue weighted by atomic mass is 16.5. The van der Waals surface area contributed by atoms with Gasteiger partial charge < -0.3 is 10.1 Å². The number of nitrogens with one attached hydrogen (secondary N) is 1. The lowest BCUT2D eigenvalue weighted by atomic mass is 9.55. The van der Waals surface area contributed by atoms with E-state index >= 15 is 0 Å².